The van der Waals surface area contributed by atoms with E-state index in [1.807, 2.05) is 0 Å². The van der Waals surface area contributed by atoms with E-state index < -0.39 is 17.7 Å². The molecular weight excluding hydrogens is 321 g/mol. The quantitative estimate of drug-likeness (QED) is 0.588. The summed E-state index contributed by atoms with van der Waals surface area (Å²) in [6, 6.07) is 11.6. The van der Waals surface area contributed by atoms with Crippen molar-refractivity contribution in [1.82, 2.24) is 0 Å². The van der Waals surface area contributed by atoms with Crippen LogP contribution in [0.5, 0.6) is 11.5 Å². The summed E-state index contributed by atoms with van der Waals surface area (Å²) in [6.45, 7) is 3.42. The molecule has 0 radical (unpaired) electrons. The minimum absolute atomic E-state index is 0.0716. The van der Waals surface area contributed by atoms with E-state index in [-0.39, 0.29) is 23.8 Å². The first-order valence-electron chi connectivity index (χ1n) is 7.37. The van der Waals surface area contributed by atoms with Crippen LogP contribution in [0.4, 0.5) is 13.2 Å². The molecule has 0 aliphatic carbocycles. The van der Waals surface area contributed by atoms with Crippen LogP contribution in [0.2, 0.25) is 0 Å². The molecule has 0 fully saturated rings. The first kappa shape index (κ1) is 17.8. The number of hydrogen-bond donors (Lipinski definition) is 0. The molecule has 6 heteroatoms. The van der Waals surface area contributed by atoms with E-state index in [1.165, 1.54) is 6.07 Å². The van der Waals surface area contributed by atoms with Gasteiger partial charge in [-0.25, -0.2) is 0 Å². The van der Waals surface area contributed by atoms with Crippen LogP contribution in [0.1, 0.15) is 25.0 Å². The van der Waals surface area contributed by atoms with Gasteiger partial charge in [0.05, 0.1) is 18.1 Å². The molecule has 0 saturated heterocycles. The molecule has 0 atom stereocenters. The fourth-order valence-corrected chi connectivity index (χ4v) is 2.09. The molecule has 0 N–H and O–H groups in total. The molecule has 0 spiro atoms. The summed E-state index contributed by atoms with van der Waals surface area (Å²) in [7, 11) is 0. The Morgan fingerprint density at radius 2 is 1.71 bits per heavy atom. The highest BCUT2D eigenvalue weighted by molar-refractivity contribution is 5.75. The predicted molar refractivity (Wildman–Crippen MR) is 83.0 cm³/mol. The van der Waals surface area contributed by atoms with E-state index in [9.17, 15) is 18.0 Å². The van der Waals surface area contributed by atoms with Gasteiger partial charge in [-0.1, -0.05) is 18.2 Å². The molecule has 128 valence electrons. The van der Waals surface area contributed by atoms with Gasteiger partial charge in [0.15, 0.2) is 0 Å². The molecule has 24 heavy (non-hydrogen) atoms. The van der Waals surface area contributed by atoms with E-state index in [4.69, 9.17) is 9.47 Å². The van der Waals surface area contributed by atoms with Gasteiger partial charge in [-0.2, -0.15) is 13.2 Å². The second-order valence-electron chi connectivity index (χ2n) is 5.49. The van der Waals surface area contributed by atoms with Gasteiger partial charge >= 0.3 is 12.1 Å². The molecule has 0 aromatic heterocycles. The minimum Gasteiger partial charge on any atom is -0.491 e. The molecule has 0 aliphatic heterocycles. The van der Waals surface area contributed by atoms with Gasteiger partial charge in [0.1, 0.15) is 11.5 Å². The SMILES string of the molecule is CC(C)Oc1cc(CC(=O)Oc2ccccc2)cc(C(F)(F)F)c1. The summed E-state index contributed by atoms with van der Waals surface area (Å²) < 4.78 is 49.4. The number of carbonyl (C=O) groups is 1. The largest absolute Gasteiger partial charge is 0.491 e. The number of ether oxygens (including phenoxy) is 2. The number of benzene rings is 2. The van der Waals surface area contributed by atoms with Crippen molar-refractivity contribution in [2.45, 2.75) is 32.5 Å². The average molecular weight is 338 g/mol. The van der Waals surface area contributed by atoms with Crippen molar-refractivity contribution in [3.05, 3.63) is 59.7 Å². The first-order chi connectivity index (χ1) is 11.2. The normalized spacial score (nSPS) is 11.4. The van der Waals surface area contributed by atoms with Gasteiger partial charge in [-0.05, 0) is 49.7 Å². The van der Waals surface area contributed by atoms with Crippen LogP contribution in [0.25, 0.3) is 0 Å². The topological polar surface area (TPSA) is 35.5 Å². The van der Waals surface area contributed by atoms with Crippen molar-refractivity contribution in [2.75, 3.05) is 0 Å². The predicted octanol–water partition coefficient (Wildman–Crippen LogP) is 4.64. The standard InChI is InChI=1S/C18H17F3O3/c1-12(2)23-16-9-13(8-14(11-16)18(19,20)21)10-17(22)24-15-6-4-3-5-7-15/h3-9,11-12H,10H2,1-2H3. The second kappa shape index (κ2) is 7.38. The number of alkyl halides is 3. The Bertz CT molecular complexity index is 694. The molecule has 2 aromatic carbocycles. The zero-order chi connectivity index (χ0) is 17.7. The van der Waals surface area contributed by atoms with Gasteiger partial charge in [0, 0.05) is 0 Å². The smallest absolute Gasteiger partial charge is 0.416 e. The molecule has 0 heterocycles. The molecule has 0 bridgehead atoms. The highest BCUT2D eigenvalue weighted by Crippen LogP contribution is 2.33. The van der Waals surface area contributed by atoms with Crippen LogP contribution >= 0.6 is 0 Å². The Labute approximate surface area is 138 Å². The number of para-hydroxylation sites is 1. The molecule has 0 amide bonds. The third-order valence-corrected chi connectivity index (χ3v) is 2.99. The molecule has 0 unspecified atom stereocenters. The number of carbonyl (C=O) groups excluding carboxylic acids is 1. The van der Waals surface area contributed by atoms with Gasteiger partial charge in [-0.3, -0.25) is 4.79 Å². The zero-order valence-electron chi connectivity index (χ0n) is 13.3. The monoisotopic (exact) mass is 338 g/mol. The van der Waals surface area contributed by atoms with Crippen molar-refractivity contribution in [2.24, 2.45) is 0 Å². The Hall–Kier alpha value is -2.50. The van der Waals surface area contributed by atoms with Crippen LogP contribution in [0.3, 0.4) is 0 Å². The third kappa shape index (κ3) is 5.30. The van der Waals surface area contributed by atoms with Crippen LogP contribution < -0.4 is 9.47 Å². The number of esters is 1. The maximum atomic E-state index is 13.0. The van der Waals surface area contributed by atoms with Gasteiger partial charge < -0.3 is 9.47 Å². The Balaban J connectivity index is 2.20. The summed E-state index contributed by atoms with van der Waals surface area (Å²) in [5.41, 5.74) is -0.676. The lowest BCUT2D eigenvalue weighted by Crippen LogP contribution is -2.14. The van der Waals surface area contributed by atoms with Crippen molar-refractivity contribution in [3.8, 4) is 11.5 Å². The number of rotatable bonds is 5. The number of halogens is 3. The maximum Gasteiger partial charge on any atom is 0.416 e. The van der Waals surface area contributed by atoms with E-state index in [0.29, 0.717) is 5.75 Å². The number of hydrogen-bond acceptors (Lipinski definition) is 3. The van der Waals surface area contributed by atoms with E-state index in [2.05, 4.69) is 0 Å². The summed E-state index contributed by atoms with van der Waals surface area (Å²) in [6.07, 6.45) is -5.08. The summed E-state index contributed by atoms with van der Waals surface area (Å²) in [5, 5.41) is 0. The summed E-state index contributed by atoms with van der Waals surface area (Å²) >= 11 is 0. The van der Waals surface area contributed by atoms with Crippen molar-refractivity contribution >= 4 is 5.97 Å². The van der Waals surface area contributed by atoms with Crippen LogP contribution in [0, 0.1) is 0 Å². The summed E-state index contributed by atoms with van der Waals surface area (Å²) in [4.78, 5) is 11.9. The first-order valence-corrected chi connectivity index (χ1v) is 7.37. The fourth-order valence-electron chi connectivity index (χ4n) is 2.09. The van der Waals surface area contributed by atoms with Crippen molar-refractivity contribution < 1.29 is 27.4 Å². The molecule has 0 aliphatic rings. The van der Waals surface area contributed by atoms with Gasteiger partial charge in [-0.15, -0.1) is 0 Å². The van der Waals surface area contributed by atoms with Crippen molar-refractivity contribution in [1.29, 1.82) is 0 Å². The van der Waals surface area contributed by atoms with E-state index in [0.717, 1.165) is 12.1 Å². The fraction of sp³-hybridized carbons (Fsp3) is 0.278. The molecule has 0 saturated carbocycles. The third-order valence-electron chi connectivity index (χ3n) is 2.99. The molecule has 3 nitrogen and oxygen atoms in total. The Kier molecular flexibility index (Phi) is 5.49. The van der Waals surface area contributed by atoms with Gasteiger partial charge in [0.2, 0.25) is 0 Å². The van der Waals surface area contributed by atoms with Gasteiger partial charge in [0.25, 0.3) is 0 Å². The van der Waals surface area contributed by atoms with Crippen LogP contribution in [-0.2, 0) is 17.4 Å². The molecular formula is C18H17F3O3. The van der Waals surface area contributed by atoms with Crippen LogP contribution in [0.15, 0.2) is 48.5 Å². The molecule has 2 aromatic rings. The minimum atomic E-state index is -4.52. The maximum absolute atomic E-state index is 13.0. The van der Waals surface area contributed by atoms with Crippen LogP contribution in [-0.4, -0.2) is 12.1 Å². The van der Waals surface area contributed by atoms with E-state index >= 15 is 0 Å². The highest BCUT2D eigenvalue weighted by Gasteiger charge is 2.31. The van der Waals surface area contributed by atoms with Crippen molar-refractivity contribution in [3.63, 3.8) is 0 Å². The van der Waals surface area contributed by atoms with E-state index in [1.54, 1.807) is 44.2 Å². The Morgan fingerprint density at radius 3 is 2.29 bits per heavy atom. The summed E-state index contributed by atoms with van der Waals surface area (Å²) in [5.74, 6) is -0.230. The highest BCUT2D eigenvalue weighted by atomic mass is 19.4. The second-order valence-corrected chi connectivity index (χ2v) is 5.49. The average Bonchev–Trinajstić information content (AvgIpc) is 2.46. The zero-order valence-corrected chi connectivity index (χ0v) is 13.3. The lowest BCUT2D eigenvalue weighted by molar-refractivity contribution is -0.138. The Morgan fingerprint density at radius 1 is 1.04 bits per heavy atom. The lowest BCUT2D eigenvalue weighted by atomic mass is 10.1. The lowest BCUT2D eigenvalue weighted by Gasteiger charge is -2.15. The molecule has 2 rings (SSSR count).